The first-order valence-corrected chi connectivity index (χ1v) is 10.9. The van der Waals surface area contributed by atoms with Gasteiger partial charge in [-0.3, -0.25) is 9.69 Å². The molecule has 1 aliphatic carbocycles. The molecule has 0 bridgehead atoms. The Morgan fingerprint density at radius 3 is 2.57 bits per heavy atom. The van der Waals surface area contributed by atoms with Crippen molar-refractivity contribution in [3.05, 3.63) is 35.9 Å². The van der Waals surface area contributed by atoms with E-state index in [1.165, 1.54) is 18.4 Å². The van der Waals surface area contributed by atoms with Crippen molar-refractivity contribution in [3.8, 4) is 0 Å². The Morgan fingerprint density at radius 2 is 1.82 bits per heavy atom. The van der Waals surface area contributed by atoms with E-state index in [0.717, 1.165) is 58.4 Å². The molecule has 3 rings (SSSR count). The highest BCUT2D eigenvalue weighted by Crippen LogP contribution is 2.37. The summed E-state index contributed by atoms with van der Waals surface area (Å²) in [6.07, 6.45) is 8.23. The second-order valence-corrected chi connectivity index (χ2v) is 8.14. The van der Waals surface area contributed by atoms with Crippen molar-refractivity contribution < 1.29 is 19.4 Å². The summed E-state index contributed by atoms with van der Waals surface area (Å²) in [5.74, 6) is -0.112. The van der Waals surface area contributed by atoms with Gasteiger partial charge in [-0.1, -0.05) is 49.6 Å². The van der Waals surface area contributed by atoms with Gasteiger partial charge in [0, 0.05) is 31.5 Å². The predicted molar refractivity (Wildman–Crippen MR) is 109 cm³/mol. The Kier molecular flexibility index (Phi) is 8.77. The molecule has 0 spiro atoms. The fourth-order valence-corrected chi connectivity index (χ4v) is 4.75. The highest BCUT2D eigenvalue weighted by molar-refractivity contribution is 5.66. The van der Waals surface area contributed by atoms with Crippen LogP contribution in [0.5, 0.6) is 0 Å². The molecular weight excluding hydrogens is 354 g/mol. The molecule has 2 aliphatic rings. The molecule has 3 atom stereocenters. The van der Waals surface area contributed by atoms with E-state index in [1.54, 1.807) is 0 Å². The summed E-state index contributed by atoms with van der Waals surface area (Å²) in [4.78, 5) is 13.3. The minimum absolute atomic E-state index is 0.294. The molecule has 0 unspecified atom stereocenters. The molecule has 5 heteroatoms. The van der Waals surface area contributed by atoms with E-state index in [4.69, 9.17) is 14.6 Å². The van der Waals surface area contributed by atoms with Gasteiger partial charge in [-0.2, -0.15) is 0 Å². The average molecular weight is 390 g/mol. The Bertz CT molecular complexity index is 573. The zero-order chi connectivity index (χ0) is 19.6. The molecule has 1 aromatic carbocycles. The van der Waals surface area contributed by atoms with E-state index in [1.807, 2.05) is 6.07 Å². The Balaban J connectivity index is 1.50. The highest BCUT2D eigenvalue weighted by Gasteiger charge is 2.39. The average Bonchev–Trinajstić information content (AvgIpc) is 3.13. The van der Waals surface area contributed by atoms with Crippen LogP contribution in [0.15, 0.2) is 30.3 Å². The molecule has 1 N–H and O–H groups in total. The maximum absolute atomic E-state index is 10.7. The van der Waals surface area contributed by atoms with Crippen LogP contribution in [0, 0.1) is 5.92 Å². The molecular formula is C23H35NO4. The summed E-state index contributed by atoms with van der Waals surface area (Å²) >= 11 is 0. The number of rotatable bonds is 11. The van der Waals surface area contributed by atoms with Gasteiger partial charge in [0.2, 0.25) is 0 Å². The SMILES string of the molecule is O=C(O)CCCCCC[C@H]1[C@@H](OCc2ccccc2)CC[C@@H]1N1CCOCC1. The van der Waals surface area contributed by atoms with E-state index in [-0.39, 0.29) is 0 Å². The first-order chi connectivity index (χ1) is 13.7. The maximum atomic E-state index is 10.7. The molecule has 2 fully saturated rings. The van der Waals surface area contributed by atoms with E-state index in [2.05, 4.69) is 29.2 Å². The Morgan fingerprint density at radius 1 is 1.07 bits per heavy atom. The molecule has 1 aromatic rings. The van der Waals surface area contributed by atoms with E-state index < -0.39 is 5.97 Å². The van der Waals surface area contributed by atoms with Crippen LogP contribution in [0.2, 0.25) is 0 Å². The second-order valence-electron chi connectivity index (χ2n) is 8.14. The number of benzene rings is 1. The largest absolute Gasteiger partial charge is 0.481 e. The summed E-state index contributed by atoms with van der Waals surface area (Å²) in [5.41, 5.74) is 1.24. The molecule has 156 valence electrons. The first-order valence-electron chi connectivity index (χ1n) is 10.9. The molecule has 1 aliphatic heterocycles. The van der Waals surface area contributed by atoms with Crippen LogP contribution in [0.25, 0.3) is 0 Å². The number of hydrogen-bond donors (Lipinski definition) is 1. The van der Waals surface area contributed by atoms with Crippen LogP contribution in [0.3, 0.4) is 0 Å². The zero-order valence-electron chi connectivity index (χ0n) is 16.9. The first kappa shape index (κ1) is 21.3. The molecule has 5 nitrogen and oxygen atoms in total. The van der Waals surface area contributed by atoms with Crippen molar-refractivity contribution in [2.24, 2.45) is 5.92 Å². The van der Waals surface area contributed by atoms with Crippen molar-refractivity contribution in [3.63, 3.8) is 0 Å². The lowest BCUT2D eigenvalue weighted by atomic mass is 9.92. The second kappa shape index (κ2) is 11.5. The third-order valence-electron chi connectivity index (χ3n) is 6.22. The number of unbranched alkanes of at least 4 members (excludes halogenated alkanes) is 3. The highest BCUT2D eigenvalue weighted by atomic mass is 16.5. The molecule has 1 heterocycles. The van der Waals surface area contributed by atoms with Gasteiger partial charge < -0.3 is 14.6 Å². The lowest BCUT2D eigenvalue weighted by Crippen LogP contribution is -2.46. The van der Waals surface area contributed by atoms with Crippen molar-refractivity contribution in [2.45, 2.75) is 70.1 Å². The lowest BCUT2D eigenvalue weighted by Gasteiger charge is -2.37. The van der Waals surface area contributed by atoms with Crippen molar-refractivity contribution in [1.82, 2.24) is 4.90 Å². The number of morpholine rings is 1. The van der Waals surface area contributed by atoms with Crippen molar-refractivity contribution in [1.29, 1.82) is 0 Å². The van der Waals surface area contributed by atoms with Crippen molar-refractivity contribution >= 4 is 5.97 Å². The van der Waals surface area contributed by atoms with Gasteiger partial charge in [-0.25, -0.2) is 0 Å². The van der Waals surface area contributed by atoms with Crippen LogP contribution in [-0.2, 0) is 20.9 Å². The number of ether oxygens (including phenoxy) is 2. The molecule has 28 heavy (non-hydrogen) atoms. The topological polar surface area (TPSA) is 59.0 Å². The smallest absolute Gasteiger partial charge is 0.303 e. The minimum Gasteiger partial charge on any atom is -0.481 e. The Labute approximate surface area is 169 Å². The molecule has 1 saturated heterocycles. The summed E-state index contributed by atoms with van der Waals surface area (Å²) in [6, 6.07) is 11.0. The van der Waals surface area contributed by atoms with Crippen LogP contribution >= 0.6 is 0 Å². The van der Waals surface area contributed by atoms with E-state index in [0.29, 0.717) is 31.1 Å². The number of carboxylic acids is 1. The minimum atomic E-state index is -0.683. The van der Waals surface area contributed by atoms with Gasteiger partial charge in [0.25, 0.3) is 0 Å². The van der Waals surface area contributed by atoms with Gasteiger partial charge in [-0.05, 0) is 31.2 Å². The van der Waals surface area contributed by atoms with Gasteiger partial charge in [-0.15, -0.1) is 0 Å². The standard InChI is InChI=1S/C23H35NO4/c25-23(26)11-7-2-1-6-10-20-21(24-14-16-27-17-15-24)12-13-22(20)28-18-19-8-4-3-5-9-19/h3-5,8-9,20-22H,1-2,6-7,10-18H2,(H,25,26)/t20-,21+,22+/m1/s1. The third kappa shape index (κ3) is 6.57. The van der Waals surface area contributed by atoms with E-state index in [9.17, 15) is 4.79 Å². The monoisotopic (exact) mass is 389 g/mol. The molecule has 1 saturated carbocycles. The third-order valence-corrected chi connectivity index (χ3v) is 6.22. The number of aliphatic carboxylic acids is 1. The number of nitrogens with zero attached hydrogens (tertiary/aromatic N) is 1. The van der Waals surface area contributed by atoms with Gasteiger partial charge in [0.05, 0.1) is 25.9 Å². The van der Waals surface area contributed by atoms with Gasteiger partial charge in [0.1, 0.15) is 0 Å². The quantitative estimate of drug-likeness (QED) is 0.577. The molecule has 0 radical (unpaired) electrons. The summed E-state index contributed by atoms with van der Waals surface area (Å²) < 4.78 is 11.9. The van der Waals surface area contributed by atoms with Gasteiger partial charge in [0.15, 0.2) is 0 Å². The molecule has 0 amide bonds. The van der Waals surface area contributed by atoms with E-state index >= 15 is 0 Å². The summed E-state index contributed by atoms with van der Waals surface area (Å²) in [6.45, 7) is 4.44. The van der Waals surface area contributed by atoms with Crippen LogP contribution in [-0.4, -0.2) is 54.4 Å². The predicted octanol–water partition coefficient (Wildman–Crippen LogP) is 4.11. The summed E-state index contributed by atoms with van der Waals surface area (Å²) in [5, 5.41) is 8.78. The maximum Gasteiger partial charge on any atom is 0.303 e. The van der Waals surface area contributed by atoms with Crippen LogP contribution in [0.1, 0.15) is 56.9 Å². The molecule has 0 aromatic heterocycles. The number of carboxylic acid groups (broad SMARTS) is 1. The normalized spacial score (nSPS) is 25.8. The summed E-state index contributed by atoms with van der Waals surface area (Å²) in [7, 11) is 0. The lowest BCUT2D eigenvalue weighted by molar-refractivity contribution is -0.137. The zero-order valence-corrected chi connectivity index (χ0v) is 16.9. The van der Waals surface area contributed by atoms with Crippen LogP contribution < -0.4 is 0 Å². The number of carbonyl (C=O) groups is 1. The van der Waals surface area contributed by atoms with Gasteiger partial charge >= 0.3 is 5.97 Å². The fourth-order valence-electron chi connectivity index (χ4n) is 4.75. The van der Waals surface area contributed by atoms with Crippen molar-refractivity contribution in [2.75, 3.05) is 26.3 Å². The van der Waals surface area contributed by atoms with Crippen LogP contribution in [0.4, 0.5) is 0 Å². The number of hydrogen-bond acceptors (Lipinski definition) is 4. The fraction of sp³-hybridized carbons (Fsp3) is 0.696. The Hall–Kier alpha value is -1.43.